The second kappa shape index (κ2) is 5.24. The van der Waals surface area contributed by atoms with Gasteiger partial charge in [0.05, 0.1) is 0 Å². The van der Waals surface area contributed by atoms with Crippen LogP contribution in [0.25, 0.3) is 0 Å². The molecule has 1 unspecified atom stereocenters. The Morgan fingerprint density at radius 2 is 2.11 bits per heavy atom. The van der Waals surface area contributed by atoms with E-state index in [1.54, 1.807) is 0 Å². The first-order valence-corrected chi connectivity index (χ1v) is 6.75. The maximum Gasteiger partial charge on any atom is 0.103 e. The molecule has 4 heteroatoms. The van der Waals surface area contributed by atoms with Crippen LogP contribution in [-0.2, 0) is 0 Å². The van der Waals surface area contributed by atoms with Crippen LogP contribution in [-0.4, -0.2) is 42.6 Å². The molecule has 1 saturated heterocycles. The second-order valence-corrected chi connectivity index (χ2v) is 5.58. The number of piperazine rings is 1. The molecular formula is C14H21N3S. The van der Waals surface area contributed by atoms with Crippen molar-refractivity contribution in [3.05, 3.63) is 29.3 Å². The van der Waals surface area contributed by atoms with Crippen LogP contribution in [0.15, 0.2) is 18.2 Å². The summed E-state index contributed by atoms with van der Waals surface area (Å²) in [6.07, 6.45) is 0. The SMILES string of the molecule is Cc1cc(C(N)=S)ccc1N1CCN(C)C(C)C1. The first-order chi connectivity index (χ1) is 8.49. The molecule has 18 heavy (non-hydrogen) atoms. The lowest BCUT2D eigenvalue weighted by Crippen LogP contribution is -2.50. The van der Waals surface area contributed by atoms with E-state index < -0.39 is 0 Å². The number of hydrogen-bond acceptors (Lipinski definition) is 3. The van der Waals surface area contributed by atoms with Crippen LogP contribution in [0.5, 0.6) is 0 Å². The van der Waals surface area contributed by atoms with Crippen molar-refractivity contribution < 1.29 is 0 Å². The van der Waals surface area contributed by atoms with E-state index in [1.807, 2.05) is 6.07 Å². The van der Waals surface area contributed by atoms with Crippen LogP contribution in [0.4, 0.5) is 5.69 Å². The molecule has 0 amide bonds. The summed E-state index contributed by atoms with van der Waals surface area (Å²) in [5.74, 6) is 0. The van der Waals surface area contributed by atoms with E-state index in [0.29, 0.717) is 11.0 Å². The molecule has 2 rings (SSSR count). The van der Waals surface area contributed by atoms with Crippen LogP contribution in [0.1, 0.15) is 18.1 Å². The van der Waals surface area contributed by atoms with Gasteiger partial charge in [0.15, 0.2) is 0 Å². The first kappa shape index (κ1) is 13.3. The minimum absolute atomic E-state index is 0.469. The number of thiocarbonyl (C=S) groups is 1. The Morgan fingerprint density at radius 3 is 2.67 bits per heavy atom. The zero-order valence-electron chi connectivity index (χ0n) is 11.3. The highest BCUT2D eigenvalue weighted by molar-refractivity contribution is 7.80. The van der Waals surface area contributed by atoms with Gasteiger partial charge in [-0.15, -0.1) is 0 Å². The number of anilines is 1. The van der Waals surface area contributed by atoms with Gasteiger partial charge in [0, 0.05) is 36.9 Å². The van der Waals surface area contributed by atoms with Crippen molar-refractivity contribution in [1.29, 1.82) is 0 Å². The normalized spacial score (nSPS) is 21.1. The number of aryl methyl sites for hydroxylation is 1. The van der Waals surface area contributed by atoms with Crippen LogP contribution in [0, 0.1) is 6.92 Å². The van der Waals surface area contributed by atoms with E-state index in [9.17, 15) is 0 Å². The molecule has 0 bridgehead atoms. The maximum atomic E-state index is 5.66. The van der Waals surface area contributed by atoms with Crippen molar-refractivity contribution in [1.82, 2.24) is 4.90 Å². The smallest absolute Gasteiger partial charge is 0.103 e. The number of benzene rings is 1. The fraction of sp³-hybridized carbons (Fsp3) is 0.500. The lowest BCUT2D eigenvalue weighted by Gasteiger charge is -2.39. The molecule has 0 radical (unpaired) electrons. The van der Waals surface area contributed by atoms with Gasteiger partial charge in [-0.2, -0.15) is 0 Å². The third kappa shape index (κ3) is 2.65. The second-order valence-electron chi connectivity index (χ2n) is 5.14. The van der Waals surface area contributed by atoms with E-state index >= 15 is 0 Å². The fourth-order valence-corrected chi connectivity index (χ4v) is 2.56. The average molecular weight is 263 g/mol. The first-order valence-electron chi connectivity index (χ1n) is 6.34. The summed E-state index contributed by atoms with van der Waals surface area (Å²) in [4.78, 5) is 5.31. The zero-order valence-corrected chi connectivity index (χ0v) is 12.1. The largest absolute Gasteiger partial charge is 0.389 e. The van der Waals surface area contributed by atoms with Gasteiger partial charge in [-0.25, -0.2) is 0 Å². The fourth-order valence-electron chi connectivity index (χ4n) is 2.43. The van der Waals surface area contributed by atoms with E-state index in [0.717, 1.165) is 25.2 Å². The van der Waals surface area contributed by atoms with Crippen LogP contribution in [0.2, 0.25) is 0 Å². The average Bonchev–Trinajstić information content (AvgIpc) is 2.32. The van der Waals surface area contributed by atoms with Crippen molar-refractivity contribution in [3.63, 3.8) is 0 Å². The minimum Gasteiger partial charge on any atom is -0.389 e. The quantitative estimate of drug-likeness (QED) is 0.824. The van der Waals surface area contributed by atoms with Crippen molar-refractivity contribution in [2.45, 2.75) is 19.9 Å². The summed E-state index contributed by atoms with van der Waals surface area (Å²) in [5.41, 5.74) is 9.16. The van der Waals surface area contributed by atoms with Gasteiger partial charge in [-0.3, -0.25) is 0 Å². The Labute approximate surface area is 115 Å². The van der Waals surface area contributed by atoms with Crippen molar-refractivity contribution in [2.24, 2.45) is 5.73 Å². The van der Waals surface area contributed by atoms with Gasteiger partial charge >= 0.3 is 0 Å². The van der Waals surface area contributed by atoms with Crippen LogP contribution < -0.4 is 10.6 Å². The topological polar surface area (TPSA) is 32.5 Å². The summed E-state index contributed by atoms with van der Waals surface area (Å²) in [6, 6.07) is 6.84. The van der Waals surface area contributed by atoms with Crippen LogP contribution in [0.3, 0.4) is 0 Å². The van der Waals surface area contributed by atoms with E-state index in [1.165, 1.54) is 11.3 Å². The summed E-state index contributed by atoms with van der Waals surface area (Å²) >= 11 is 5.01. The van der Waals surface area contributed by atoms with Gasteiger partial charge in [-0.05, 0) is 44.7 Å². The molecule has 0 aromatic heterocycles. The van der Waals surface area contributed by atoms with Crippen molar-refractivity contribution in [3.8, 4) is 0 Å². The Kier molecular flexibility index (Phi) is 3.88. The molecule has 0 aliphatic carbocycles. The van der Waals surface area contributed by atoms with E-state index in [-0.39, 0.29) is 0 Å². The Balaban J connectivity index is 2.21. The summed E-state index contributed by atoms with van der Waals surface area (Å²) < 4.78 is 0. The predicted octanol–water partition coefficient (Wildman–Crippen LogP) is 1.77. The molecular weight excluding hydrogens is 242 g/mol. The molecule has 1 aliphatic heterocycles. The summed E-state index contributed by atoms with van der Waals surface area (Å²) in [6.45, 7) is 7.65. The lowest BCUT2D eigenvalue weighted by molar-refractivity contribution is 0.234. The standard InChI is InChI=1S/C14H21N3S/c1-10-8-12(14(15)18)4-5-13(10)17-7-6-16(3)11(2)9-17/h4-5,8,11H,6-7,9H2,1-3H3,(H2,15,18). The molecule has 1 heterocycles. The number of likely N-dealkylation sites (N-methyl/N-ethyl adjacent to an activating group) is 1. The van der Waals surface area contributed by atoms with E-state index in [2.05, 4.69) is 42.8 Å². The molecule has 1 aromatic rings. The number of nitrogens with two attached hydrogens (primary N) is 1. The van der Waals surface area contributed by atoms with Gasteiger partial charge in [0.2, 0.25) is 0 Å². The predicted molar refractivity (Wildman–Crippen MR) is 81.4 cm³/mol. The highest BCUT2D eigenvalue weighted by Crippen LogP contribution is 2.23. The molecule has 1 fully saturated rings. The van der Waals surface area contributed by atoms with Crippen molar-refractivity contribution in [2.75, 3.05) is 31.6 Å². The third-order valence-corrected chi connectivity index (χ3v) is 4.02. The highest BCUT2D eigenvalue weighted by atomic mass is 32.1. The Morgan fingerprint density at radius 1 is 1.39 bits per heavy atom. The van der Waals surface area contributed by atoms with Crippen LogP contribution >= 0.6 is 12.2 Å². The zero-order chi connectivity index (χ0) is 13.3. The van der Waals surface area contributed by atoms with Gasteiger partial charge < -0.3 is 15.5 Å². The maximum absolute atomic E-state index is 5.66. The van der Waals surface area contributed by atoms with E-state index in [4.69, 9.17) is 18.0 Å². The lowest BCUT2D eigenvalue weighted by atomic mass is 10.1. The Bertz CT molecular complexity index is 458. The molecule has 98 valence electrons. The van der Waals surface area contributed by atoms with Gasteiger partial charge in [0.1, 0.15) is 4.99 Å². The van der Waals surface area contributed by atoms with Gasteiger partial charge in [0.25, 0.3) is 0 Å². The summed E-state index contributed by atoms with van der Waals surface area (Å²) in [5, 5.41) is 0. The number of rotatable bonds is 2. The molecule has 1 aliphatic rings. The monoisotopic (exact) mass is 263 g/mol. The minimum atomic E-state index is 0.469. The van der Waals surface area contributed by atoms with Crippen molar-refractivity contribution >= 4 is 22.9 Å². The molecule has 0 saturated carbocycles. The molecule has 3 nitrogen and oxygen atoms in total. The Hall–Kier alpha value is -1.13. The number of hydrogen-bond donors (Lipinski definition) is 1. The van der Waals surface area contributed by atoms with Gasteiger partial charge in [-0.1, -0.05) is 12.2 Å². The molecule has 0 spiro atoms. The summed E-state index contributed by atoms with van der Waals surface area (Å²) in [7, 11) is 2.19. The molecule has 1 atom stereocenters. The third-order valence-electron chi connectivity index (χ3n) is 3.78. The molecule has 2 N–H and O–H groups in total. The molecule has 1 aromatic carbocycles. The number of nitrogens with zero attached hydrogens (tertiary/aromatic N) is 2. The highest BCUT2D eigenvalue weighted by Gasteiger charge is 2.21.